The maximum atomic E-state index is 11.3. The number of rotatable bonds is 3. The van der Waals surface area contributed by atoms with Crippen molar-refractivity contribution in [3.63, 3.8) is 0 Å². The van der Waals surface area contributed by atoms with E-state index in [4.69, 9.17) is 11.6 Å². The van der Waals surface area contributed by atoms with Gasteiger partial charge in [-0.1, -0.05) is 23.7 Å². The highest BCUT2D eigenvalue weighted by Crippen LogP contribution is 2.33. The average Bonchev–Trinajstić information content (AvgIpc) is 3.04. The highest BCUT2D eigenvalue weighted by molar-refractivity contribution is 9.10. The quantitative estimate of drug-likeness (QED) is 0.622. The molecule has 2 aromatic heterocycles. The number of para-hydroxylation sites is 1. The lowest BCUT2D eigenvalue weighted by molar-refractivity contribution is 0.112. The number of benzene rings is 1. The molecule has 3 nitrogen and oxygen atoms in total. The van der Waals surface area contributed by atoms with E-state index in [1.54, 1.807) is 28.3 Å². The van der Waals surface area contributed by atoms with Gasteiger partial charge in [0.2, 0.25) is 0 Å². The zero-order chi connectivity index (χ0) is 14.1. The molecule has 0 fully saturated rings. The molecule has 0 saturated carbocycles. The lowest BCUT2D eigenvalue weighted by atomic mass is 10.2. The fourth-order valence-electron chi connectivity index (χ4n) is 1.89. The molecule has 3 rings (SSSR count). The van der Waals surface area contributed by atoms with Gasteiger partial charge in [-0.05, 0) is 28.1 Å². The van der Waals surface area contributed by atoms with E-state index >= 15 is 0 Å². The molecule has 0 aliphatic carbocycles. The number of hydrogen-bond donors (Lipinski definition) is 0. The molecule has 0 radical (unpaired) electrons. The van der Waals surface area contributed by atoms with Crippen molar-refractivity contribution in [1.82, 2.24) is 9.78 Å². The van der Waals surface area contributed by atoms with Crippen LogP contribution in [0.2, 0.25) is 5.02 Å². The summed E-state index contributed by atoms with van der Waals surface area (Å²) >= 11 is 11.2. The predicted octanol–water partition coefficient (Wildman–Crippen LogP) is 4.83. The Morgan fingerprint density at radius 2 is 2.10 bits per heavy atom. The molecule has 0 unspecified atom stereocenters. The van der Waals surface area contributed by atoms with Gasteiger partial charge in [0.25, 0.3) is 0 Å². The molecule has 20 heavy (non-hydrogen) atoms. The standard InChI is InChI=1S/C14H8BrClN2OS/c15-11-8-20-7-10(11)14-9(6-19)5-18(17-14)13-4-2-1-3-12(13)16/h1-8H. The van der Waals surface area contributed by atoms with Gasteiger partial charge in [0.05, 0.1) is 16.3 Å². The van der Waals surface area contributed by atoms with Crippen LogP contribution in [0.5, 0.6) is 0 Å². The Morgan fingerprint density at radius 3 is 2.75 bits per heavy atom. The molecule has 0 aliphatic heterocycles. The molecule has 100 valence electrons. The Balaban J connectivity index is 2.17. The van der Waals surface area contributed by atoms with Crippen molar-refractivity contribution in [2.75, 3.05) is 0 Å². The van der Waals surface area contributed by atoms with Crippen LogP contribution in [0.15, 0.2) is 45.7 Å². The lowest BCUT2D eigenvalue weighted by Gasteiger charge is -2.02. The van der Waals surface area contributed by atoms with Crippen molar-refractivity contribution in [1.29, 1.82) is 0 Å². The Hall–Kier alpha value is -1.43. The van der Waals surface area contributed by atoms with Crippen molar-refractivity contribution in [3.8, 4) is 16.9 Å². The van der Waals surface area contributed by atoms with E-state index in [1.807, 2.05) is 29.0 Å². The summed E-state index contributed by atoms with van der Waals surface area (Å²) in [5.41, 5.74) is 2.83. The van der Waals surface area contributed by atoms with Crippen LogP contribution in [0.4, 0.5) is 0 Å². The predicted molar refractivity (Wildman–Crippen MR) is 85.0 cm³/mol. The molecule has 0 bridgehead atoms. The van der Waals surface area contributed by atoms with E-state index in [0.29, 0.717) is 16.3 Å². The van der Waals surface area contributed by atoms with E-state index in [-0.39, 0.29) is 0 Å². The molecule has 6 heteroatoms. The minimum atomic E-state index is 0.531. The van der Waals surface area contributed by atoms with Gasteiger partial charge >= 0.3 is 0 Å². The second-order valence-corrected chi connectivity index (χ2v) is 6.09. The largest absolute Gasteiger partial charge is 0.298 e. The van der Waals surface area contributed by atoms with E-state index < -0.39 is 0 Å². The van der Waals surface area contributed by atoms with Crippen LogP contribution in [0, 0.1) is 0 Å². The Kier molecular flexibility index (Phi) is 3.74. The fraction of sp³-hybridized carbons (Fsp3) is 0. The molecular weight excluding hydrogens is 360 g/mol. The zero-order valence-electron chi connectivity index (χ0n) is 10.1. The lowest BCUT2D eigenvalue weighted by Crippen LogP contribution is -1.95. The molecule has 0 atom stereocenters. The minimum absolute atomic E-state index is 0.531. The van der Waals surface area contributed by atoms with Gasteiger partial charge in [-0.3, -0.25) is 4.79 Å². The molecular formula is C14H8BrClN2OS. The van der Waals surface area contributed by atoms with E-state index in [0.717, 1.165) is 22.0 Å². The fourth-order valence-corrected chi connectivity index (χ4v) is 3.58. The SMILES string of the molecule is O=Cc1cn(-c2ccccc2Cl)nc1-c1cscc1Br. The normalized spacial score (nSPS) is 10.7. The van der Waals surface area contributed by atoms with Gasteiger partial charge in [-0.15, -0.1) is 0 Å². The number of aromatic nitrogens is 2. The topological polar surface area (TPSA) is 34.9 Å². The number of thiophene rings is 1. The summed E-state index contributed by atoms with van der Waals surface area (Å²) in [4.78, 5) is 11.3. The van der Waals surface area contributed by atoms with Gasteiger partial charge in [-0.25, -0.2) is 4.68 Å². The van der Waals surface area contributed by atoms with Crippen LogP contribution in [-0.4, -0.2) is 16.1 Å². The zero-order valence-corrected chi connectivity index (χ0v) is 13.2. The van der Waals surface area contributed by atoms with E-state index in [2.05, 4.69) is 21.0 Å². The third-order valence-electron chi connectivity index (χ3n) is 2.84. The van der Waals surface area contributed by atoms with Gasteiger partial charge < -0.3 is 0 Å². The first-order valence-electron chi connectivity index (χ1n) is 5.72. The first-order chi connectivity index (χ1) is 9.70. The smallest absolute Gasteiger partial charge is 0.153 e. The molecule has 0 spiro atoms. The number of carbonyl (C=O) groups excluding carboxylic acids is 1. The second kappa shape index (κ2) is 5.52. The van der Waals surface area contributed by atoms with Crippen molar-refractivity contribution in [2.24, 2.45) is 0 Å². The van der Waals surface area contributed by atoms with Crippen LogP contribution in [-0.2, 0) is 0 Å². The van der Waals surface area contributed by atoms with Crippen LogP contribution in [0.25, 0.3) is 16.9 Å². The summed E-state index contributed by atoms with van der Waals surface area (Å²) < 4.78 is 2.56. The van der Waals surface area contributed by atoms with Crippen LogP contribution < -0.4 is 0 Å². The van der Waals surface area contributed by atoms with Crippen LogP contribution in [0.1, 0.15) is 10.4 Å². The minimum Gasteiger partial charge on any atom is -0.298 e. The summed E-state index contributed by atoms with van der Waals surface area (Å²) in [7, 11) is 0. The number of halogens is 2. The molecule has 0 aliphatic rings. The maximum absolute atomic E-state index is 11.3. The highest BCUT2D eigenvalue weighted by Gasteiger charge is 2.15. The average molecular weight is 368 g/mol. The summed E-state index contributed by atoms with van der Waals surface area (Å²) in [6.45, 7) is 0. The molecule has 0 N–H and O–H groups in total. The van der Waals surface area contributed by atoms with E-state index in [1.165, 1.54) is 0 Å². The van der Waals surface area contributed by atoms with Gasteiger partial charge in [0.15, 0.2) is 6.29 Å². The summed E-state index contributed by atoms with van der Waals surface area (Å²) in [6, 6.07) is 7.38. The third-order valence-corrected chi connectivity index (χ3v) is 4.86. The molecule has 0 amide bonds. The third kappa shape index (κ3) is 2.32. The summed E-state index contributed by atoms with van der Waals surface area (Å²) in [6.07, 6.45) is 2.49. The molecule has 2 heterocycles. The Labute approximate surface area is 132 Å². The maximum Gasteiger partial charge on any atom is 0.153 e. The van der Waals surface area contributed by atoms with Crippen LogP contribution in [0.3, 0.4) is 0 Å². The molecule has 0 saturated heterocycles. The Morgan fingerprint density at radius 1 is 1.30 bits per heavy atom. The van der Waals surface area contributed by atoms with Gasteiger partial charge in [-0.2, -0.15) is 16.4 Å². The second-order valence-electron chi connectivity index (χ2n) is 4.08. The number of carbonyl (C=O) groups is 1. The van der Waals surface area contributed by atoms with Crippen LogP contribution >= 0.6 is 38.9 Å². The van der Waals surface area contributed by atoms with Crippen molar-refractivity contribution in [2.45, 2.75) is 0 Å². The first-order valence-corrected chi connectivity index (χ1v) is 7.84. The van der Waals surface area contributed by atoms with Crippen molar-refractivity contribution < 1.29 is 4.79 Å². The summed E-state index contributed by atoms with van der Waals surface area (Å²) in [5, 5.41) is 8.99. The van der Waals surface area contributed by atoms with Gasteiger partial charge in [0, 0.05) is 27.0 Å². The Bertz CT molecular complexity index is 781. The van der Waals surface area contributed by atoms with Crippen molar-refractivity contribution in [3.05, 3.63) is 56.3 Å². The first kappa shape index (κ1) is 13.5. The summed E-state index contributed by atoms with van der Waals surface area (Å²) in [5.74, 6) is 0. The van der Waals surface area contributed by atoms with Crippen molar-refractivity contribution >= 4 is 45.2 Å². The number of hydrogen-bond acceptors (Lipinski definition) is 3. The van der Waals surface area contributed by atoms with E-state index in [9.17, 15) is 4.79 Å². The number of nitrogens with zero attached hydrogens (tertiary/aromatic N) is 2. The highest BCUT2D eigenvalue weighted by atomic mass is 79.9. The number of aldehydes is 1. The molecule has 1 aromatic carbocycles. The monoisotopic (exact) mass is 366 g/mol. The molecule has 3 aromatic rings. The van der Waals surface area contributed by atoms with Gasteiger partial charge in [0.1, 0.15) is 5.69 Å².